The highest BCUT2D eigenvalue weighted by Gasteiger charge is 2.45. The van der Waals surface area contributed by atoms with E-state index in [9.17, 15) is 19.2 Å². The van der Waals surface area contributed by atoms with Gasteiger partial charge in [-0.25, -0.2) is 0 Å². The molecule has 1 aliphatic heterocycles. The zero-order chi connectivity index (χ0) is 19.2. The smallest absolute Gasteiger partial charge is 0.309 e. The average molecular weight is 356 g/mol. The third-order valence-corrected chi connectivity index (χ3v) is 4.54. The Morgan fingerprint density at radius 3 is 2.44 bits per heavy atom. The quantitative estimate of drug-likeness (QED) is 0.583. The van der Waals surface area contributed by atoms with Crippen LogP contribution in [0.5, 0.6) is 0 Å². The Morgan fingerprint density at radius 2 is 1.92 bits per heavy atom. The third-order valence-electron chi connectivity index (χ3n) is 4.54. The first-order valence-corrected chi connectivity index (χ1v) is 8.58. The summed E-state index contributed by atoms with van der Waals surface area (Å²) in [7, 11) is 0. The van der Waals surface area contributed by atoms with Crippen LogP contribution in [0.1, 0.15) is 52.9 Å². The zero-order valence-corrected chi connectivity index (χ0v) is 15.1. The van der Waals surface area contributed by atoms with Crippen molar-refractivity contribution in [1.82, 2.24) is 4.90 Å². The Hall–Kier alpha value is -1.96. The summed E-state index contributed by atoms with van der Waals surface area (Å²) in [5.74, 6) is -3.02. The first kappa shape index (κ1) is 21.1. The standard InChI is InChI=1S/C17H28N2O6/c1-11(2)25-16(24)12(5-6-15(22)23)9-13(20)17(3)7-4-8-19(17)14(21)10-18/h11-12H,4-10,18H2,1-3H3,(H,22,23). The van der Waals surface area contributed by atoms with E-state index in [1.54, 1.807) is 20.8 Å². The number of likely N-dealkylation sites (tertiary alicyclic amines) is 1. The predicted octanol–water partition coefficient (Wildman–Crippen LogP) is 0.718. The molecule has 1 rings (SSSR count). The summed E-state index contributed by atoms with van der Waals surface area (Å²) in [6.07, 6.45) is 0.476. The van der Waals surface area contributed by atoms with Gasteiger partial charge in [0, 0.05) is 19.4 Å². The second kappa shape index (κ2) is 8.94. The molecular formula is C17H28N2O6. The molecule has 0 aromatic carbocycles. The third kappa shape index (κ3) is 5.52. The normalized spacial score (nSPS) is 21.2. The van der Waals surface area contributed by atoms with E-state index in [0.717, 1.165) is 0 Å². The van der Waals surface area contributed by atoms with Crippen molar-refractivity contribution < 1.29 is 29.0 Å². The van der Waals surface area contributed by atoms with Crippen LogP contribution in [-0.2, 0) is 23.9 Å². The fourth-order valence-electron chi connectivity index (χ4n) is 3.14. The van der Waals surface area contributed by atoms with Crippen LogP contribution >= 0.6 is 0 Å². The van der Waals surface area contributed by atoms with E-state index in [-0.39, 0.29) is 43.6 Å². The Morgan fingerprint density at radius 1 is 1.28 bits per heavy atom. The number of hydrogen-bond donors (Lipinski definition) is 2. The molecule has 0 aromatic rings. The van der Waals surface area contributed by atoms with Crippen LogP contribution in [0.2, 0.25) is 0 Å². The average Bonchev–Trinajstić information content (AvgIpc) is 2.92. The number of nitrogens with zero attached hydrogens (tertiary/aromatic N) is 1. The van der Waals surface area contributed by atoms with E-state index < -0.39 is 23.4 Å². The van der Waals surface area contributed by atoms with Crippen LogP contribution in [0.15, 0.2) is 0 Å². The van der Waals surface area contributed by atoms with Crippen molar-refractivity contribution >= 4 is 23.6 Å². The lowest BCUT2D eigenvalue weighted by Crippen LogP contribution is -2.53. The van der Waals surface area contributed by atoms with Gasteiger partial charge in [-0.3, -0.25) is 19.2 Å². The van der Waals surface area contributed by atoms with Crippen molar-refractivity contribution in [3.63, 3.8) is 0 Å². The number of carbonyl (C=O) groups is 4. The highest BCUT2D eigenvalue weighted by atomic mass is 16.5. The minimum Gasteiger partial charge on any atom is -0.481 e. The maximum Gasteiger partial charge on any atom is 0.309 e. The molecule has 3 N–H and O–H groups in total. The molecule has 1 heterocycles. The summed E-state index contributed by atoms with van der Waals surface area (Å²) in [4.78, 5) is 49.4. The minimum atomic E-state index is -1.04. The number of carboxylic acids is 1. The summed E-state index contributed by atoms with van der Waals surface area (Å²) in [5, 5.41) is 8.87. The largest absolute Gasteiger partial charge is 0.481 e. The topological polar surface area (TPSA) is 127 Å². The van der Waals surface area contributed by atoms with E-state index in [0.29, 0.717) is 19.4 Å². The van der Waals surface area contributed by atoms with Gasteiger partial charge in [0.2, 0.25) is 5.91 Å². The summed E-state index contributed by atoms with van der Waals surface area (Å²) in [6.45, 7) is 5.33. The lowest BCUT2D eigenvalue weighted by Gasteiger charge is -2.34. The summed E-state index contributed by atoms with van der Waals surface area (Å²) in [6, 6.07) is 0. The van der Waals surface area contributed by atoms with Crippen LogP contribution in [0.3, 0.4) is 0 Å². The van der Waals surface area contributed by atoms with Gasteiger partial charge >= 0.3 is 11.9 Å². The van der Waals surface area contributed by atoms with Gasteiger partial charge in [0.25, 0.3) is 0 Å². The Bertz CT molecular complexity index is 533. The van der Waals surface area contributed by atoms with Crippen molar-refractivity contribution in [2.24, 2.45) is 11.7 Å². The predicted molar refractivity (Wildman–Crippen MR) is 89.6 cm³/mol. The molecular weight excluding hydrogens is 328 g/mol. The second-order valence-corrected chi connectivity index (χ2v) is 6.87. The lowest BCUT2D eigenvalue weighted by molar-refractivity contribution is -0.155. The van der Waals surface area contributed by atoms with Crippen molar-refractivity contribution in [2.45, 2.75) is 64.5 Å². The number of aliphatic carboxylic acids is 1. The van der Waals surface area contributed by atoms with Crippen LogP contribution in [0.25, 0.3) is 0 Å². The van der Waals surface area contributed by atoms with E-state index in [1.165, 1.54) is 4.90 Å². The molecule has 0 aliphatic carbocycles. The molecule has 0 saturated carbocycles. The fraction of sp³-hybridized carbons (Fsp3) is 0.765. The van der Waals surface area contributed by atoms with Gasteiger partial charge in [-0.05, 0) is 40.0 Å². The number of nitrogens with two attached hydrogens (primary N) is 1. The molecule has 0 bridgehead atoms. The number of Topliss-reactive ketones (excluding diaryl/α,β-unsaturated/α-hetero) is 1. The lowest BCUT2D eigenvalue weighted by atomic mass is 9.85. The molecule has 142 valence electrons. The molecule has 8 heteroatoms. The summed E-state index contributed by atoms with van der Waals surface area (Å²) in [5.41, 5.74) is 4.41. The Kier molecular flexibility index (Phi) is 7.54. The van der Waals surface area contributed by atoms with Gasteiger partial charge in [0.05, 0.1) is 24.1 Å². The maximum absolute atomic E-state index is 12.9. The van der Waals surface area contributed by atoms with E-state index in [2.05, 4.69) is 0 Å². The van der Waals surface area contributed by atoms with Gasteiger partial charge < -0.3 is 20.5 Å². The number of esters is 1. The van der Waals surface area contributed by atoms with Gasteiger partial charge in [-0.1, -0.05) is 0 Å². The van der Waals surface area contributed by atoms with Crippen LogP contribution < -0.4 is 5.73 Å². The highest BCUT2D eigenvalue weighted by molar-refractivity contribution is 5.95. The van der Waals surface area contributed by atoms with Crippen LogP contribution in [0, 0.1) is 5.92 Å². The van der Waals surface area contributed by atoms with E-state index in [1.807, 2.05) is 0 Å². The number of carboxylic acid groups (broad SMARTS) is 1. The first-order chi connectivity index (χ1) is 11.6. The molecule has 0 spiro atoms. The molecule has 2 unspecified atom stereocenters. The first-order valence-electron chi connectivity index (χ1n) is 8.58. The van der Waals surface area contributed by atoms with Gasteiger partial charge in [-0.15, -0.1) is 0 Å². The molecule has 8 nitrogen and oxygen atoms in total. The van der Waals surface area contributed by atoms with Gasteiger partial charge in [0.1, 0.15) is 0 Å². The minimum absolute atomic E-state index is 0.0214. The summed E-state index contributed by atoms with van der Waals surface area (Å²) >= 11 is 0. The highest BCUT2D eigenvalue weighted by Crippen LogP contribution is 2.32. The fourth-order valence-corrected chi connectivity index (χ4v) is 3.14. The van der Waals surface area contributed by atoms with Crippen molar-refractivity contribution in [3.8, 4) is 0 Å². The van der Waals surface area contributed by atoms with Gasteiger partial charge in [-0.2, -0.15) is 0 Å². The maximum atomic E-state index is 12.9. The van der Waals surface area contributed by atoms with E-state index in [4.69, 9.17) is 15.6 Å². The molecule has 2 atom stereocenters. The Labute approximate surface area is 147 Å². The number of amides is 1. The molecule has 0 radical (unpaired) electrons. The number of rotatable bonds is 9. The number of hydrogen-bond acceptors (Lipinski definition) is 6. The van der Waals surface area contributed by atoms with E-state index >= 15 is 0 Å². The number of carbonyl (C=O) groups excluding carboxylic acids is 3. The molecule has 0 aromatic heterocycles. The SMILES string of the molecule is CC(C)OC(=O)C(CCC(=O)O)CC(=O)C1(C)CCCN1C(=O)CN. The molecule has 1 fully saturated rings. The van der Waals surface area contributed by atoms with Crippen LogP contribution in [0.4, 0.5) is 0 Å². The number of ketones is 1. The Balaban J connectivity index is 2.90. The van der Waals surface area contributed by atoms with Gasteiger partial charge in [0.15, 0.2) is 5.78 Å². The van der Waals surface area contributed by atoms with Crippen molar-refractivity contribution in [3.05, 3.63) is 0 Å². The molecule has 25 heavy (non-hydrogen) atoms. The molecule has 1 aliphatic rings. The molecule has 1 saturated heterocycles. The van der Waals surface area contributed by atoms with Crippen molar-refractivity contribution in [1.29, 1.82) is 0 Å². The zero-order valence-electron chi connectivity index (χ0n) is 15.1. The van der Waals surface area contributed by atoms with Crippen molar-refractivity contribution in [2.75, 3.05) is 13.1 Å². The van der Waals surface area contributed by atoms with Crippen LogP contribution in [-0.4, -0.2) is 58.4 Å². The number of ether oxygens (including phenoxy) is 1. The summed E-state index contributed by atoms with van der Waals surface area (Å²) < 4.78 is 5.15. The molecule has 1 amide bonds. The monoisotopic (exact) mass is 356 g/mol. The second-order valence-electron chi connectivity index (χ2n) is 6.87.